The van der Waals surface area contributed by atoms with Crippen LogP contribution in [0, 0.1) is 0 Å². The Morgan fingerprint density at radius 2 is 1.67 bits per heavy atom. The van der Waals surface area contributed by atoms with E-state index in [1.807, 2.05) is 61.5 Å². The summed E-state index contributed by atoms with van der Waals surface area (Å²) in [5.41, 5.74) is 2.94. The van der Waals surface area contributed by atoms with Crippen molar-refractivity contribution in [2.24, 2.45) is 0 Å². The van der Waals surface area contributed by atoms with Crippen LogP contribution in [0.2, 0.25) is 0 Å². The Bertz CT molecular complexity index is 1580. The number of likely N-dealkylation sites (N-methyl/N-ethyl adjacent to an activating group) is 1. The highest BCUT2D eigenvalue weighted by Gasteiger charge is 2.44. The van der Waals surface area contributed by atoms with Crippen molar-refractivity contribution in [1.29, 1.82) is 0 Å². The highest BCUT2D eigenvalue weighted by molar-refractivity contribution is 6.08. The number of ether oxygens (including phenoxy) is 1. The zero-order valence-electron chi connectivity index (χ0n) is 25.6. The number of hydrogen-bond donors (Lipinski definition) is 2. The molecule has 4 amide bonds. The van der Waals surface area contributed by atoms with E-state index < -0.39 is 35.7 Å². The van der Waals surface area contributed by atoms with Gasteiger partial charge in [0.25, 0.3) is 0 Å². The zero-order chi connectivity index (χ0) is 31.1. The maximum atomic E-state index is 14.1. The number of carbonyl (C=O) groups is 4. The number of hydrogen-bond acceptors (Lipinski definition) is 5. The van der Waals surface area contributed by atoms with E-state index in [9.17, 15) is 19.2 Å². The maximum absolute atomic E-state index is 14.1. The Balaban J connectivity index is 1.33. The topological polar surface area (TPSA) is 108 Å². The quantitative estimate of drug-likeness (QED) is 0.438. The van der Waals surface area contributed by atoms with E-state index in [1.54, 1.807) is 32.6 Å². The molecule has 2 N–H and O–H groups in total. The summed E-state index contributed by atoms with van der Waals surface area (Å²) >= 11 is 0. The molecule has 3 aromatic carbocycles. The van der Waals surface area contributed by atoms with E-state index in [1.165, 1.54) is 11.9 Å². The monoisotopic (exact) mass is 584 g/mol. The van der Waals surface area contributed by atoms with Gasteiger partial charge in [-0.15, -0.1) is 0 Å². The molecule has 2 aliphatic heterocycles. The Morgan fingerprint density at radius 1 is 0.977 bits per heavy atom. The minimum absolute atomic E-state index is 0.249. The first-order valence-electron chi connectivity index (χ1n) is 14.8. The molecule has 9 heteroatoms. The highest BCUT2D eigenvalue weighted by atomic mass is 16.6. The molecule has 0 fully saturated rings. The first-order valence-corrected chi connectivity index (χ1v) is 14.8. The van der Waals surface area contributed by atoms with Crippen molar-refractivity contribution in [2.75, 3.05) is 11.9 Å². The molecular formula is C34H40N4O5. The van der Waals surface area contributed by atoms with Gasteiger partial charge in [0.1, 0.15) is 23.7 Å². The molecule has 43 heavy (non-hydrogen) atoms. The Labute approximate surface area is 252 Å². The number of rotatable bonds is 6. The Kier molecular flexibility index (Phi) is 8.18. The van der Waals surface area contributed by atoms with Crippen LogP contribution >= 0.6 is 0 Å². The molecule has 0 spiro atoms. The summed E-state index contributed by atoms with van der Waals surface area (Å²) in [6.07, 6.45) is 0.705. The third-order valence-electron chi connectivity index (χ3n) is 8.30. The molecule has 0 aliphatic carbocycles. The van der Waals surface area contributed by atoms with Gasteiger partial charge in [-0.05, 0) is 81.0 Å². The summed E-state index contributed by atoms with van der Waals surface area (Å²) in [5, 5.41) is 8.20. The van der Waals surface area contributed by atoms with Gasteiger partial charge in [-0.25, -0.2) is 4.79 Å². The Hall–Kier alpha value is -4.40. The van der Waals surface area contributed by atoms with Crippen molar-refractivity contribution in [3.05, 3.63) is 77.4 Å². The molecule has 4 unspecified atom stereocenters. The molecule has 2 aliphatic rings. The van der Waals surface area contributed by atoms with Gasteiger partial charge in [-0.3, -0.25) is 24.2 Å². The molecule has 4 atom stereocenters. The number of nitrogens with zero attached hydrogens (tertiary/aromatic N) is 2. The first kappa shape index (κ1) is 30.1. The molecule has 9 nitrogen and oxygen atoms in total. The third kappa shape index (κ3) is 6.21. The molecule has 226 valence electrons. The number of nitrogens with one attached hydrogen (secondary N) is 2. The lowest BCUT2D eigenvalue weighted by Gasteiger charge is -2.31. The lowest BCUT2D eigenvalue weighted by molar-refractivity contribution is -0.131. The summed E-state index contributed by atoms with van der Waals surface area (Å²) in [4.78, 5) is 56.5. The SMILES string of the molecule is CC(NC(=O)C1Cc2cccc3c2N1C(=O)C(NC(=O)C(C)N(C)C(=O)OC(C)(C)C)CC3)c1ccc2ccccc2c1. The fourth-order valence-corrected chi connectivity index (χ4v) is 5.80. The predicted molar refractivity (Wildman–Crippen MR) is 166 cm³/mol. The van der Waals surface area contributed by atoms with Crippen LogP contribution in [0.1, 0.15) is 63.8 Å². The van der Waals surface area contributed by atoms with Gasteiger partial charge in [-0.1, -0.05) is 54.6 Å². The summed E-state index contributed by atoms with van der Waals surface area (Å²) in [6.45, 7) is 8.79. The van der Waals surface area contributed by atoms with E-state index >= 15 is 0 Å². The fourth-order valence-electron chi connectivity index (χ4n) is 5.80. The second-order valence-electron chi connectivity index (χ2n) is 12.6. The molecule has 0 saturated carbocycles. The van der Waals surface area contributed by atoms with E-state index in [2.05, 4.69) is 16.7 Å². The minimum atomic E-state index is -0.871. The van der Waals surface area contributed by atoms with Crippen molar-refractivity contribution in [2.45, 2.75) is 83.6 Å². The summed E-state index contributed by atoms with van der Waals surface area (Å²) in [6, 6.07) is 17.3. The van der Waals surface area contributed by atoms with Crippen molar-refractivity contribution in [3.63, 3.8) is 0 Å². The van der Waals surface area contributed by atoms with Gasteiger partial charge in [-0.2, -0.15) is 0 Å². The molecule has 0 bridgehead atoms. The summed E-state index contributed by atoms with van der Waals surface area (Å²) in [7, 11) is 1.49. The lowest BCUT2D eigenvalue weighted by Crippen LogP contribution is -2.57. The number of anilines is 1. The zero-order valence-corrected chi connectivity index (χ0v) is 25.6. The predicted octanol–water partition coefficient (Wildman–Crippen LogP) is 4.66. The molecule has 0 radical (unpaired) electrons. The number of carbonyl (C=O) groups excluding carboxylic acids is 4. The van der Waals surface area contributed by atoms with Crippen LogP contribution in [-0.4, -0.2) is 59.5 Å². The second-order valence-corrected chi connectivity index (χ2v) is 12.6. The second kappa shape index (κ2) is 11.7. The van der Waals surface area contributed by atoms with Crippen LogP contribution in [0.5, 0.6) is 0 Å². The van der Waals surface area contributed by atoms with Gasteiger partial charge in [0, 0.05) is 13.5 Å². The summed E-state index contributed by atoms with van der Waals surface area (Å²) in [5.74, 6) is -1.05. The lowest BCUT2D eigenvalue weighted by atomic mass is 10.0. The van der Waals surface area contributed by atoms with E-state index in [0.29, 0.717) is 19.3 Å². The van der Waals surface area contributed by atoms with Gasteiger partial charge in [0.15, 0.2) is 0 Å². The molecule has 2 heterocycles. The van der Waals surface area contributed by atoms with Crippen LogP contribution in [0.15, 0.2) is 60.7 Å². The number of amides is 4. The highest BCUT2D eigenvalue weighted by Crippen LogP contribution is 2.39. The van der Waals surface area contributed by atoms with Crippen LogP contribution < -0.4 is 15.5 Å². The van der Waals surface area contributed by atoms with Crippen LogP contribution in [0.3, 0.4) is 0 Å². The Morgan fingerprint density at radius 3 is 2.40 bits per heavy atom. The van der Waals surface area contributed by atoms with Crippen molar-refractivity contribution < 1.29 is 23.9 Å². The van der Waals surface area contributed by atoms with Gasteiger partial charge >= 0.3 is 6.09 Å². The summed E-state index contributed by atoms with van der Waals surface area (Å²) < 4.78 is 5.40. The van der Waals surface area contributed by atoms with Crippen molar-refractivity contribution in [3.8, 4) is 0 Å². The van der Waals surface area contributed by atoms with E-state index in [-0.39, 0.29) is 17.9 Å². The first-order chi connectivity index (χ1) is 20.3. The maximum Gasteiger partial charge on any atom is 0.410 e. The number of benzene rings is 3. The van der Waals surface area contributed by atoms with Crippen LogP contribution in [0.25, 0.3) is 10.8 Å². The van der Waals surface area contributed by atoms with E-state index in [4.69, 9.17) is 4.74 Å². The largest absolute Gasteiger partial charge is 0.444 e. The van der Waals surface area contributed by atoms with Gasteiger partial charge in [0.05, 0.1) is 11.7 Å². The van der Waals surface area contributed by atoms with Crippen LogP contribution in [-0.2, 0) is 32.0 Å². The molecule has 3 aromatic rings. The molecule has 0 aromatic heterocycles. The number of fused-ring (bicyclic) bond motifs is 1. The van der Waals surface area contributed by atoms with Gasteiger partial charge < -0.3 is 15.4 Å². The standard InChI is InChI=1S/C34H40N4O5/c1-20(24-15-14-22-10-7-8-11-25(22)18-24)35-31(40)28-19-26-13-9-12-23-16-17-27(32(41)38(28)29(23)26)36-30(39)21(2)37(6)33(42)43-34(3,4)5/h7-15,18,20-21,27-28H,16-17,19H2,1-6H3,(H,35,40)(H,36,39). The van der Waals surface area contributed by atoms with Crippen molar-refractivity contribution >= 4 is 40.3 Å². The smallest absolute Gasteiger partial charge is 0.410 e. The minimum Gasteiger partial charge on any atom is -0.444 e. The van der Waals surface area contributed by atoms with Crippen molar-refractivity contribution in [1.82, 2.24) is 15.5 Å². The molecule has 0 saturated heterocycles. The molecular weight excluding hydrogens is 544 g/mol. The average Bonchev–Trinajstić information content (AvgIpc) is 3.31. The fraction of sp³-hybridized carbons (Fsp3) is 0.412. The normalized spacial score (nSPS) is 19.2. The third-order valence-corrected chi connectivity index (χ3v) is 8.30. The number of aryl methyl sites for hydroxylation is 1. The molecule has 5 rings (SSSR count). The van der Waals surface area contributed by atoms with E-state index in [0.717, 1.165) is 33.2 Å². The number of para-hydroxylation sites is 1. The van der Waals surface area contributed by atoms with Gasteiger partial charge in [0.2, 0.25) is 17.7 Å². The average molecular weight is 585 g/mol. The van der Waals surface area contributed by atoms with Crippen LogP contribution in [0.4, 0.5) is 10.5 Å².